The second-order valence-electron chi connectivity index (χ2n) is 5.63. The minimum atomic E-state index is -0.351. The quantitative estimate of drug-likeness (QED) is 0.911. The Morgan fingerprint density at radius 3 is 2.85 bits per heavy atom. The predicted molar refractivity (Wildman–Crippen MR) is 78.1 cm³/mol. The van der Waals surface area contributed by atoms with Crippen molar-refractivity contribution in [1.29, 1.82) is 5.26 Å². The van der Waals surface area contributed by atoms with E-state index in [4.69, 9.17) is 5.26 Å². The minimum absolute atomic E-state index is 0.0577. The molecule has 4 nitrogen and oxygen atoms in total. The summed E-state index contributed by atoms with van der Waals surface area (Å²) in [6, 6.07) is 4.07. The first kappa shape index (κ1) is 13.6. The van der Waals surface area contributed by atoms with E-state index in [2.05, 4.69) is 11.4 Å². The summed E-state index contributed by atoms with van der Waals surface area (Å²) < 4.78 is 0. The van der Waals surface area contributed by atoms with Crippen molar-refractivity contribution in [1.82, 2.24) is 10.2 Å². The van der Waals surface area contributed by atoms with Crippen LogP contribution >= 0.6 is 11.3 Å². The van der Waals surface area contributed by atoms with Gasteiger partial charge in [0.2, 0.25) is 5.91 Å². The van der Waals surface area contributed by atoms with Gasteiger partial charge in [-0.3, -0.25) is 10.1 Å². The van der Waals surface area contributed by atoms with Crippen LogP contribution in [0.4, 0.5) is 0 Å². The number of likely N-dealkylation sites (N-methyl/N-ethyl adjacent to an activating group) is 1. The van der Waals surface area contributed by atoms with Gasteiger partial charge in [0.1, 0.15) is 12.2 Å². The molecule has 2 fully saturated rings. The molecular formula is C15H19N3OS. The van der Waals surface area contributed by atoms with Crippen molar-refractivity contribution in [2.45, 2.75) is 50.7 Å². The van der Waals surface area contributed by atoms with Crippen molar-refractivity contribution in [3.63, 3.8) is 0 Å². The first-order valence-corrected chi connectivity index (χ1v) is 8.15. The molecule has 2 heterocycles. The maximum absolute atomic E-state index is 12.8. The predicted octanol–water partition coefficient (Wildman–Crippen LogP) is 2.77. The Morgan fingerprint density at radius 2 is 2.25 bits per heavy atom. The third kappa shape index (κ3) is 2.04. The molecule has 1 atom stereocenters. The molecule has 1 aromatic heterocycles. The number of rotatable bonds is 2. The summed E-state index contributed by atoms with van der Waals surface area (Å²) in [6.45, 7) is 2.73. The number of nitrogens with zero attached hydrogens (tertiary/aromatic N) is 2. The van der Waals surface area contributed by atoms with Crippen molar-refractivity contribution >= 4 is 17.2 Å². The lowest BCUT2D eigenvalue weighted by Crippen LogP contribution is -2.48. The third-order valence-corrected chi connectivity index (χ3v) is 5.45. The van der Waals surface area contributed by atoms with Gasteiger partial charge in [0.25, 0.3) is 0 Å². The molecule has 1 saturated carbocycles. The van der Waals surface area contributed by atoms with E-state index in [1.165, 1.54) is 6.42 Å². The van der Waals surface area contributed by atoms with Crippen LogP contribution in [0.2, 0.25) is 0 Å². The molecule has 0 bridgehead atoms. The second-order valence-corrected chi connectivity index (χ2v) is 6.57. The van der Waals surface area contributed by atoms with E-state index in [1.807, 2.05) is 23.3 Å². The van der Waals surface area contributed by atoms with Crippen molar-refractivity contribution < 1.29 is 4.79 Å². The van der Waals surface area contributed by atoms with Crippen molar-refractivity contribution in [3.8, 4) is 6.07 Å². The molecule has 0 unspecified atom stereocenters. The third-order valence-electron chi connectivity index (χ3n) is 4.46. The number of nitriles is 1. The van der Waals surface area contributed by atoms with Crippen molar-refractivity contribution in [2.24, 2.45) is 0 Å². The Hall–Kier alpha value is -1.38. The number of hydrogen-bond donors (Lipinski definition) is 1. The molecule has 1 N–H and O–H groups in total. The number of hydrogen-bond acceptors (Lipinski definition) is 4. The summed E-state index contributed by atoms with van der Waals surface area (Å²) >= 11 is 1.56. The van der Waals surface area contributed by atoms with Gasteiger partial charge in [-0.2, -0.15) is 5.26 Å². The summed E-state index contributed by atoms with van der Waals surface area (Å²) in [5.74, 6) is 0.247. The standard InChI is InChI=1S/C15H19N3OS/c1-2-18-13(12-8-11(9-16)10-20-12)17-15(14(18)19)6-4-3-5-7-15/h8,10,13,17H,2-7H2,1H3/t13-/m0/s1. The highest BCUT2D eigenvalue weighted by atomic mass is 32.1. The number of amides is 1. The van der Waals surface area contributed by atoms with Gasteiger partial charge in [0.15, 0.2) is 0 Å². The van der Waals surface area contributed by atoms with Gasteiger partial charge in [-0.25, -0.2) is 0 Å². The van der Waals surface area contributed by atoms with Gasteiger partial charge in [0, 0.05) is 16.8 Å². The number of carbonyl (C=O) groups excluding carboxylic acids is 1. The Labute approximate surface area is 123 Å². The van der Waals surface area contributed by atoms with Crippen LogP contribution in [0.3, 0.4) is 0 Å². The molecule has 20 heavy (non-hydrogen) atoms. The molecule has 1 spiro atoms. The van der Waals surface area contributed by atoms with E-state index in [-0.39, 0.29) is 17.6 Å². The maximum Gasteiger partial charge on any atom is 0.244 e. The van der Waals surface area contributed by atoms with Crippen LogP contribution in [-0.4, -0.2) is 22.9 Å². The highest BCUT2D eigenvalue weighted by molar-refractivity contribution is 7.10. The van der Waals surface area contributed by atoms with Crippen LogP contribution in [0, 0.1) is 11.3 Å². The molecular weight excluding hydrogens is 270 g/mol. The molecule has 0 aromatic carbocycles. The lowest BCUT2D eigenvalue weighted by atomic mass is 9.82. The van der Waals surface area contributed by atoms with Crippen LogP contribution in [0.5, 0.6) is 0 Å². The molecule has 1 aliphatic carbocycles. The van der Waals surface area contributed by atoms with E-state index in [1.54, 1.807) is 11.3 Å². The number of nitrogens with one attached hydrogen (secondary N) is 1. The lowest BCUT2D eigenvalue weighted by Gasteiger charge is -2.31. The molecule has 5 heteroatoms. The van der Waals surface area contributed by atoms with E-state index in [9.17, 15) is 4.79 Å². The highest BCUT2D eigenvalue weighted by Crippen LogP contribution is 2.40. The largest absolute Gasteiger partial charge is 0.321 e. The minimum Gasteiger partial charge on any atom is -0.321 e. The van der Waals surface area contributed by atoms with Gasteiger partial charge in [-0.1, -0.05) is 19.3 Å². The Morgan fingerprint density at radius 1 is 1.50 bits per heavy atom. The zero-order chi connectivity index (χ0) is 14.2. The van der Waals surface area contributed by atoms with Crippen LogP contribution in [0.15, 0.2) is 11.4 Å². The smallest absolute Gasteiger partial charge is 0.244 e. The molecule has 2 aliphatic rings. The molecule has 0 radical (unpaired) electrons. The van der Waals surface area contributed by atoms with E-state index < -0.39 is 0 Å². The van der Waals surface area contributed by atoms with Gasteiger partial charge in [-0.15, -0.1) is 11.3 Å². The Balaban J connectivity index is 1.91. The number of carbonyl (C=O) groups is 1. The van der Waals surface area contributed by atoms with E-state index in [0.717, 1.165) is 30.6 Å². The normalized spacial score (nSPS) is 25.1. The first-order chi connectivity index (χ1) is 9.70. The number of thiophene rings is 1. The fraction of sp³-hybridized carbons (Fsp3) is 0.600. The summed E-state index contributed by atoms with van der Waals surface area (Å²) in [4.78, 5) is 15.8. The van der Waals surface area contributed by atoms with Crippen LogP contribution in [-0.2, 0) is 4.79 Å². The molecule has 1 aromatic rings. The molecule has 1 aliphatic heterocycles. The molecule has 3 rings (SSSR count). The summed E-state index contributed by atoms with van der Waals surface area (Å²) in [5, 5.41) is 14.4. The average molecular weight is 289 g/mol. The average Bonchev–Trinajstić information content (AvgIpc) is 3.05. The van der Waals surface area contributed by atoms with Gasteiger partial charge >= 0.3 is 0 Å². The van der Waals surface area contributed by atoms with E-state index >= 15 is 0 Å². The van der Waals surface area contributed by atoms with Crippen molar-refractivity contribution in [3.05, 3.63) is 21.9 Å². The van der Waals surface area contributed by atoms with Gasteiger partial charge in [0.05, 0.1) is 11.1 Å². The van der Waals surface area contributed by atoms with Gasteiger partial charge < -0.3 is 4.90 Å². The van der Waals surface area contributed by atoms with Crippen LogP contribution < -0.4 is 5.32 Å². The van der Waals surface area contributed by atoms with Gasteiger partial charge in [-0.05, 0) is 25.8 Å². The van der Waals surface area contributed by atoms with Crippen LogP contribution in [0.25, 0.3) is 0 Å². The fourth-order valence-corrected chi connectivity index (χ4v) is 4.31. The zero-order valence-corrected chi connectivity index (χ0v) is 12.5. The first-order valence-electron chi connectivity index (χ1n) is 7.27. The molecule has 1 amide bonds. The lowest BCUT2D eigenvalue weighted by molar-refractivity contribution is -0.134. The second kappa shape index (κ2) is 5.19. The zero-order valence-electron chi connectivity index (χ0n) is 11.7. The maximum atomic E-state index is 12.8. The Kier molecular flexibility index (Phi) is 3.53. The summed E-state index contributed by atoms with van der Waals surface area (Å²) in [6.07, 6.45) is 5.29. The van der Waals surface area contributed by atoms with Crippen LogP contribution in [0.1, 0.15) is 55.6 Å². The van der Waals surface area contributed by atoms with Crippen molar-refractivity contribution in [2.75, 3.05) is 6.54 Å². The Bertz CT molecular complexity index is 554. The van der Waals surface area contributed by atoms with E-state index in [0.29, 0.717) is 12.1 Å². The highest BCUT2D eigenvalue weighted by Gasteiger charge is 2.51. The SMILES string of the molecule is CCN1C(=O)C2(CCCCC2)N[C@@H]1c1cc(C#N)cs1. The summed E-state index contributed by atoms with van der Waals surface area (Å²) in [7, 11) is 0. The monoisotopic (exact) mass is 289 g/mol. The molecule has 1 saturated heterocycles. The summed E-state index contributed by atoms with van der Waals surface area (Å²) in [5.41, 5.74) is 0.329. The fourth-order valence-electron chi connectivity index (χ4n) is 3.41. The topological polar surface area (TPSA) is 56.1 Å². The molecule has 106 valence electrons.